The molecule has 0 fully saturated rings. The standard InChI is InChI=1S/C20H17N/c1-14-10-11-15(2)20(13-21)19(14)12-17-8-5-7-16-6-3-4-9-18(16)17/h3-11H,12H2,1-2H3. The van der Waals surface area contributed by atoms with Crippen molar-refractivity contribution in [2.24, 2.45) is 0 Å². The van der Waals surface area contributed by atoms with Gasteiger partial charge in [0.25, 0.3) is 0 Å². The van der Waals surface area contributed by atoms with Crippen LogP contribution in [0.2, 0.25) is 0 Å². The number of rotatable bonds is 2. The molecule has 0 atom stereocenters. The van der Waals surface area contributed by atoms with Gasteiger partial charge in [-0.1, -0.05) is 54.6 Å². The molecule has 1 nitrogen and oxygen atoms in total. The van der Waals surface area contributed by atoms with Gasteiger partial charge in [-0.3, -0.25) is 0 Å². The van der Waals surface area contributed by atoms with Gasteiger partial charge >= 0.3 is 0 Å². The van der Waals surface area contributed by atoms with Crippen LogP contribution >= 0.6 is 0 Å². The molecule has 0 aliphatic carbocycles. The van der Waals surface area contributed by atoms with Gasteiger partial charge in [-0.05, 0) is 53.3 Å². The van der Waals surface area contributed by atoms with E-state index in [1.165, 1.54) is 21.9 Å². The van der Waals surface area contributed by atoms with E-state index in [0.29, 0.717) is 0 Å². The fourth-order valence-electron chi connectivity index (χ4n) is 2.89. The van der Waals surface area contributed by atoms with Gasteiger partial charge in [0.05, 0.1) is 11.6 Å². The molecule has 0 saturated heterocycles. The van der Waals surface area contributed by atoms with Crippen molar-refractivity contribution in [3.63, 3.8) is 0 Å². The molecule has 0 bridgehead atoms. The first kappa shape index (κ1) is 13.4. The van der Waals surface area contributed by atoms with Gasteiger partial charge in [-0.15, -0.1) is 0 Å². The van der Waals surface area contributed by atoms with Gasteiger partial charge in [-0.25, -0.2) is 0 Å². The van der Waals surface area contributed by atoms with E-state index in [1.54, 1.807) is 0 Å². The van der Waals surface area contributed by atoms with Crippen molar-refractivity contribution in [3.05, 3.63) is 82.4 Å². The van der Waals surface area contributed by atoms with Crippen molar-refractivity contribution >= 4 is 10.8 Å². The lowest BCUT2D eigenvalue weighted by molar-refractivity contribution is 1.14. The first-order valence-electron chi connectivity index (χ1n) is 7.16. The molecule has 0 saturated carbocycles. The highest BCUT2D eigenvalue weighted by Crippen LogP contribution is 2.25. The zero-order valence-corrected chi connectivity index (χ0v) is 12.4. The van der Waals surface area contributed by atoms with Gasteiger partial charge in [0.1, 0.15) is 0 Å². The van der Waals surface area contributed by atoms with E-state index in [4.69, 9.17) is 0 Å². The fraction of sp³-hybridized carbons (Fsp3) is 0.150. The Labute approximate surface area is 125 Å². The number of benzene rings is 3. The summed E-state index contributed by atoms with van der Waals surface area (Å²) in [5.74, 6) is 0. The van der Waals surface area contributed by atoms with Crippen LogP contribution in [0.4, 0.5) is 0 Å². The molecule has 0 unspecified atom stereocenters. The Morgan fingerprint density at radius 1 is 0.857 bits per heavy atom. The normalized spacial score (nSPS) is 10.5. The van der Waals surface area contributed by atoms with Crippen molar-refractivity contribution in [1.82, 2.24) is 0 Å². The summed E-state index contributed by atoms with van der Waals surface area (Å²) in [7, 11) is 0. The quantitative estimate of drug-likeness (QED) is 0.649. The number of hydrogen-bond donors (Lipinski definition) is 0. The number of nitrogens with zero attached hydrogens (tertiary/aromatic N) is 1. The summed E-state index contributed by atoms with van der Waals surface area (Å²) >= 11 is 0. The maximum absolute atomic E-state index is 9.46. The first-order chi connectivity index (χ1) is 10.2. The summed E-state index contributed by atoms with van der Waals surface area (Å²) in [5.41, 5.74) is 5.48. The van der Waals surface area contributed by atoms with Crippen molar-refractivity contribution in [3.8, 4) is 6.07 Å². The Morgan fingerprint density at radius 3 is 2.38 bits per heavy atom. The summed E-state index contributed by atoms with van der Waals surface area (Å²) in [6.07, 6.45) is 0.803. The molecule has 102 valence electrons. The fourth-order valence-corrected chi connectivity index (χ4v) is 2.89. The average Bonchev–Trinajstić information content (AvgIpc) is 2.51. The minimum atomic E-state index is 0.803. The van der Waals surface area contributed by atoms with Gasteiger partial charge in [-0.2, -0.15) is 5.26 Å². The summed E-state index contributed by atoms with van der Waals surface area (Å²) in [6, 6.07) is 21.3. The molecule has 0 aliphatic heterocycles. The summed E-state index contributed by atoms with van der Waals surface area (Å²) in [6.45, 7) is 4.09. The number of fused-ring (bicyclic) bond motifs is 1. The summed E-state index contributed by atoms with van der Waals surface area (Å²) < 4.78 is 0. The van der Waals surface area contributed by atoms with Crippen molar-refractivity contribution in [2.45, 2.75) is 20.3 Å². The number of aryl methyl sites for hydroxylation is 2. The smallest absolute Gasteiger partial charge is 0.0997 e. The molecule has 0 aromatic heterocycles. The summed E-state index contributed by atoms with van der Waals surface area (Å²) in [5, 5.41) is 12.0. The molecule has 3 aromatic carbocycles. The third-order valence-corrected chi connectivity index (χ3v) is 4.11. The Kier molecular flexibility index (Phi) is 3.46. The van der Waals surface area contributed by atoms with Crippen LogP contribution in [0.25, 0.3) is 10.8 Å². The minimum Gasteiger partial charge on any atom is -0.192 e. The van der Waals surface area contributed by atoms with Crippen LogP contribution in [-0.2, 0) is 6.42 Å². The second kappa shape index (κ2) is 5.42. The second-order valence-corrected chi connectivity index (χ2v) is 5.48. The molecular weight excluding hydrogens is 254 g/mol. The van der Waals surface area contributed by atoms with Gasteiger partial charge in [0, 0.05) is 0 Å². The second-order valence-electron chi connectivity index (χ2n) is 5.48. The zero-order chi connectivity index (χ0) is 14.8. The Bertz CT molecular complexity index is 848. The van der Waals surface area contributed by atoms with E-state index >= 15 is 0 Å². The lowest BCUT2D eigenvalue weighted by Gasteiger charge is -2.12. The van der Waals surface area contributed by atoms with Crippen LogP contribution < -0.4 is 0 Å². The molecule has 21 heavy (non-hydrogen) atoms. The molecule has 3 aromatic rings. The lowest BCUT2D eigenvalue weighted by atomic mass is 9.91. The lowest BCUT2D eigenvalue weighted by Crippen LogP contribution is -1.99. The van der Waals surface area contributed by atoms with E-state index in [9.17, 15) is 5.26 Å². The van der Waals surface area contributed by atoms with Gasteiger partial charge in [0.15, 0.2) is 0 Å². The molecule has 0 amide bonds. The highest BCUT2D eigenvalue weighted by atomic mass is 14.3. The van der Waals surface area contributed by atoms with Crippen molar-refractivity contribution < 1.29 is 0 Å². The molecule has 0 radical (unpaired) electrons. The highest BCUT2D eigenvalue weighted by molar-refractivity contribution is 5.86. The molecular formula is C20H17N. The minimum absolute atomic E-state index is 0.803. The van der Waals surface area contributed by atoms with E-state index in [-0.39, 0.29) is 0 Å². The molecule has 3 rings (SSSR count). The molecule has 1 heteroatoms. The molecule has 0 spiro atoms. The first-order valence-corrected chi connectivity index (χ1v) is 7.16. The van der Waals surface area contributed by atoms with Crippen LogP contribution in [0.3, 0.4) is 0 Å². The Hall–Kier alpha value is -2.59. The number of hydrogen-bond acceptors (Lipinski definition) is 1. The molecule has 0 N–H and O–H groups in total. The third kappa shape index (κ3) is 2.41. The largest absolute Gasteiger partial charge is 0.192 e. The van der Waals surface area contributed by atoms with E-state index in [1.807, 2.05) is 13.0 Å². The maximum atomic E-state index is 9.46. The van der Waals surface area contributed by atoms with Crippen molar-refractivity contribution in [1.29, 1.82) is 5.26 Å². The van der Waals surface area contributed by atoms with E-state index < -0.39 is 0 Å². The van der Waals surface area contributed by atoms with E-state index in [0.717, 1.165) is 23.1 Å². The van der Waals surface area contributed by atoms with Crippen LogP contribution in [0, 0.1) is 25.2 Å². The monoisotopic (exact) mass is 271 g/mol. The maximum Gasteiger partial charge on any atom is 0.0997 e. The summed E-state index contributed by atoms with van der Waals surface area (Å²) in [4.78, 5) is 0. The van der Waals surface area contributed by atoms with Crippen LogP contribution in [0.1, 0.15) is 27.8 Å². The van der Waals surface area contributed by atoms with Crippen molar-refractivity contribution in [2.75, 3.05) is 0 Å². The van der Waals surface area contributed by atoms with Gasteiger partial charge < -0.3 is 0 Å². The zero-order valence-electron chi connectivity index (χ0n) is 12.4. The molecule has 0 aliphatic rings. The Morgan fingerprint density at radius 2 is 1.57 bits per heavy atom. The third-order valence-electron chi connectivity index (χ3n) is 4.11. The average molecular weight is 271 g/mol. The Balaban J connectivity index is 2.16. The van der Waals surface area contributed by atoms with Crippen LogP contribution in [0.5, 0.6) is 0 Å². The highest BCUT2D eigenvalue weighted by Gasteiger charge is 2.11. The topological polar surface area (TPSA) is 23.8 Å². The number of nitriles is 1. The van der Waals surface area contributed by atoms with Crippen LogP contribution in [0.15, 0.2) is 54.6 Å². The predicted molar refractivity (Wildman–Crippen MR) is 87.4 cm³/mol. The SMILES string of the molecule is Cc1ccc(C)c(Cc2cccc3ccccc23)c1C#N. The van der Waals surface area contributed by atoms with Crippen LogP contribution in [-0.4, -0.2) is 0 Å². The molecule has 0 heterocycles. The van der Waals surface area contributed by atoms with Gasteiger partial charge in [0.2, 0.25) is 0 Å². The van der Waals surface area contributed by atoms with E-state index in [2.05, 4.69) is 61.5 Å². The predicted octanol–water partition coefficient (Wildman–Crippen LogP) is 4.92.